The van der Waals surface area contributed by atoms with Crippen molar-refractivity contribution in [1.29, 1.82) is 0 Å². The van der Waals surface area contributed by atoms with Crippen molar-refractivity contribution in [3.8, 4) is 5.75 Å². The number of benzene rings is 1. The molecule has 0 fully saturated rings. The molecule has 0 unspecified atom stereocenters. The molecule has 0 bridgehead atoms. The average molecular weight is 261 g/mol. The molecule has 0 spiro atoms. The van der Waals surface area contributed by atoms with E-state index >= 15 is 0 Å². The van der Waals surface area contributed by atoms with Crippen molar-refractivity contribution >= 4 is 5.97 Å². The Morgan fingerprint density at radius 2 is 2.11 bits per heavy atom. The Morgan fingerprint density at radius 3 is 2.74 bits per heavy atom. The van der Waals surface area contributed by atoms with Crippen molar-refractivity contribution in [2.45, 2.75) is 19.9 Å². The number of ether oxygens (including phenoxy) is 1. The molecule has 1 N–H and O–H groups in total. The fraction of sp³-hybridized carbons (Fsp3) is 0.308. The fourth-order valence-corrected chi connectivity index (χ4v) is 1.73. The summed E-state index contributed by atoms with van der Waals surface area (Å²) in [6.07, 6.45) is 1.40. The van der Waals surface area contributed by atoms with Crippen molar-refractivity contribution in [2.75, 3.05) is 6.61 Å². The van der Waals surface area contributed by atoms with Crippen LogP contribution < -0.4 is 4.74 Å². The van der Waals surface area contributed by atoms with E-state index in [9.17, 15) is 4.79 Å². The molecule has 0 amide bonds. The molecule has 0 atom stereocenters. The second-order valence-corrected chi connectivity index (χ2v) is 4.03. The van der Waals surface area contributed by atoms with Gasteiger partial charge in [0.25, 0.3) is 0 Å². The molecule has 1 aromatic heterocycles. The maximum absolute atomic E-state index is 10.7. The third-order valence-corrected chi connectivity index (χ3v) is 2.60. The van der Waals surface area contributed by atoms with Gasteiger partial charge in [0.2, 0.25) is 0 Å². The van der Waals surface area contributed by atoms with Gasteiger partial charge in [-0.3, -0.25) is 4.79 Å². The van der Waals surface area contributed by atoms with Crippen molar-refractivity contribution in [3.63, 3.8) is 0 Å². The smallest absolute Gasteiger partial charge is 0.309 e. The van der Waals surface area contributed by atoms with Crippen molar-refractivity contribution in [3.05, 3.63) is 41.7 Å². The number of aliphatic carboxylic acids is 1. The third kappa shape index (κ3) is 3.54. The Morgan fingerprint density at radius 1 is 1.37 bits per heavy atom. The van der Waals surface area contributed by atoms with Crippen LogP contribution in [0.5, 0.6) is 5.75 Å². The number of aromatic nitrogens is 3. The lowest BCUT2D eigenvalue weighted by atomic mass is 10.2. The number of carbonyl (C=O) groups is 1. The Hall–Kier alpha value is -2.37. The minimum absolute atomic E-state index is 0.0793. The maximum atomic E-state index is 10.7. The van der Waals surface area contributed by atoms with Gasteiger partial charge in [-0.05, 0) is 24.6 Å². The van der Waals surface area contributed by atoms with Crippen LogP contribution in [-0.4, -0.2) is 32.7 Å². The summed E-state index contributed by atoms with van der Waals surface area (Å²) in [5.74, 6) is -0.0779. The first kappa shape index (κ1) is 13.1. The summed E-state index contributed by atoms with van der Waals surface area (Å²) in [6, 6.07) is 7.62. The number of rotatable bonds is 6. The van der Waals surface area contributed by atoms with Gasteiger partial charge in [-0.15, -0.1) is 5.10 Å². The zero-order valence-corrected chi connectivity index (χ0v) is 10.6. The zero-order chi connectivity index (χ0) is 13.7. The van der Waals surface area contributed by atoms with Crippen LogP contribution in [0.3, 0.4) is 0 Å². The minimum Gasteiger partial charge on any atom is -0.494 e. The highest BCUT2D eigenvalue weighted by atomic mass is 16.5. The summed E-state index contributed by atoms with van der Waals surface area (Å²) >= 11 is 0. The first-order chi connectivity index (χ1) is 9.19. The lowest BCUT2D eigenvalue weighted by molar-refractivity contribution is -0.136. The molecule has 100 valence electrons. The van der Waals surface area contributed by atoms with E-state index < -0.39 is 5.97 Å². The molecule has 6 nitrogen and oxygen atoms in total. The maximum Gasteiger partial charge on any atom is 0.309 e. The van der Waals surface area contributed by atoms with Gasteiger partial charge in [0.15, 0.2) is 0 Å². The van der Waals surface area contributed by atoms with Crippen molar-refractivity contribution in [2.24, 2.45) is 0 Å². The lowest BCUT2D eigenvalue weighted by Crippen LogP contribution is -2.10. The summed E-state index contributed by atoms with van der Waals surface area (Å²) in [7, 11) is 0. The van der Waals surface area contributed by atoms with Gasteiger partial charge in [-0.25, -0.2) is 4.68 Å². The van der Waals surface area contributed by atoms with E-state index in [0.717, 1.165) is 11.3 Å². The number of carboxylic acid groups (broad SMARTS) is 1. The van der Waals surface area contributed by atoms with E-state index in [1.165, 1.54) is 6.20 Å². The second-order valence-electron chi connectivity index (χ2n) is 4.03. The molecule has 0 aliphatic carbocycles. The summed E-state index contributed by atoms with van der Waals surface area (Å²) in [5, 5.41) is 16.4. The van der Waals surface area contributed by atoms with Crippen LogP contribution in [0.15, 0.2) is 30.5 Å². The first-order valence-electron chi connectivity index (χ1n) is 6.00. The molecule has 19 heavy (non-hydrogen) atoms. The Labute approximate surface area is 110 Å². The minimum atomic E-state index is -0.893. The van der Waals surface area contributed by atoms with Crippen LogP contribution in [0.1, 0.15) is 18.2 Å². The van der Waals surface area contributed by atoms with Gasteiger partial charge in [-0.1, -0.05) is 17.3 Å². The molecule has 0 saturated carbocycles. The predicted molar refractivity (Wildman–Crippen MR) is 68.1 cm³/mol. The van der Waals surface area contributed by atoms with E-state index in [0.29, 0.717) is 18.8 Å². The summed E-state index contributed by atoms with van der Waals surface area (Å²) in [6.45, 7) is 3.06. The molecule has 2 rings (SSSR count). The quantitative estimate of drug-likeness (QED) is 0.849. The van der Waals surface area contributed by atoms with Crippen LogP contribution >= 0.6 is 0 Å². The normalized spacial score (nSPS) is 10.4. The first-order valence-corrected chi connectivity index (χ1v) is 6.00. The van der Waals surface area contributed by atoms with Gasteiger partial charge in [-0.2, -0.15) is 0 Å². The lowest BCUT2D eigenvalue weighted by Gasteiger charge is -2.06. The van der Waals surface area contributed by atoms with Crippen LogP contribution in [0, 0.1) is 0 Å². The topological polar surface area (TPSA) is 77.2 Å². The van der Waals surface area contributed by atoms with Gasteiger partial charge in [0, 0.05) is 0 Å². The predicted octanol–water partition coefficient (Wildman–Crippen LogP) is 1.35. The third-order valence-electron chi connectivity index (χ3n) is 2.60. The SMILES string of the molecule is CCOc1ccc(Cn2nncc2CC(=O)O)cc1. The average Bonchev–Trinajstić information content (AvgIpc) is 2.79. The molecule has 0 saturated heterocycles. The number of hydrogen-bond donors (Lipinski definition) is 1. The Balaban J connectivity index is 2.08. The Bertz CT molecular complexity index is 549. The van der Waals surface area contributed by atoms with E-state index in [1.807, 2.05) is 31.2 Å². The molecule has 1 heterocycles. The molecule has 0 radical (unpaired) electrons. The molecule has 0 aliphatic rings. The van der Waals surface area contributed by atoms with Gasteiger partial charge in [0.05, 0.1) is 31.5 Å². The summed E-state index contributed by atoms with van der Waals surface area (Å²) in [4.78, 5) is 10.7. The van der Waals surface area contributed by atoms with E-state index in [1.54, 1.807) is 4.68 Å². The van der Waals surface area contributed by atoms with Gasteiger partial charge >= 0.3 is 5.97 Å². The molecular weight excluding hydrogens is 246 g/mol. The second kappa shape index (κ2) is 5.99. The van der Waals surface area contributed by atoms with Crippen LogP contribution in [0.25, 0.3) is 0 Å². The van der Waals surface area contributed by atoms with E-state index in [2.05, 4.69) is 10.3 Å². The molecule has 2 aromatic rings. The highest BCUT2D eigenvalue weighted by Crippen LogP contribution is 2.13. The van der Waals surface area contributed by atoms with Crippen LogP contribution in [-0.2, 0) is 17.8 Å². The number of hydrogen-bond acceptors (Lipinski definition) is 4. The molecule has 6 heteroatoms. The number of carboxylic acids is 1. The highest BCUT2D eigenvalue weighted by Gasteiger charge is 2.08. The zero-order valence-electron chi connectivity index (χ0n) is 10.6. The van der Waals surface area contributed by atoms with Gasteiger partial charge < -0.3 is 9.84 Å². The van der Waals surface area contributed by atoms with E-state index in [4.69, 9.17) is 9.84 Å². The van der Waals surface area contributed by atoms with Crippen LogP contribution in [0.4, 0.5) is 0 Å². The fourth-order valence-electron chi connectivity index (χ4n) is 1.73. The number of nitrogens with zero attached hydrogens (tertiary/aromatic N) is 3. The molecular formula is C13H15N3O3. The van der Waals surface area contributed by atoms with Crippen molar-refractivity contribution < 1.29 is 14.6 Å². The summed E-state index contributed by atoms with van der Waals surface area (Å²) < 4.78 is 6.95. The van der Waals surface area contributed by atoms with Crippen molar-refractivity contribution in [1.82, 2.24) is 15.0 Å². The summed E-state index contributed by atoms with van der Waals surface area (Å²) in [5.41, 5.74) is 1.60. The molecule has 0 aliphatic heterocycles. The highest BCUT2D eigenvalue weighted by molar-refractivity contribution is 5.69. The largest absolute Gasteiger partial charge is 0.494 e. The standard InChI is InChI=1S/C13H15N3O3/c1-2-19-12-5-3-10(4-6-12)9-16-11(7-13(17)18)8-14-15-16/h3-6,8H,2,7,9H2,1H3,(H,17,18). The van der Waals surface area contributed by atoms with Crippen LogP contribution in [0.2, 0.25) is 0 Å². The van der Waals surface area contributed by atoms with E-state index in [-0.39, 0.29) is 6.42 Å². The Kier molecular flexibility index (Phi) is 4.12. The van der Waals surface area contributed by atoms with Gasteiger partial charge in [0.1, 0.15) is 5.75 Å². The monoisotopic (exact) mass is 261 g/mol. The molecule has 1 aromatic carbocycles.